The maximum absolute atomic E-state index is 12.3. The third kappa shape index (κ3) is 2.12. The number of carbonyl (C=O) groups excluding carboxylic acids is 1. The lowest BCUT2D eigenvalue weighted by molar-refractivity contribution is -0.243. The first-order valence-electron chi connectivity index (χ1n) is 9.37. The van der Waals surface area contributed by atoms with E-state index in [1.165, 1.54) is 0 Å². The van der Waals surface area contributed by atoms with E-state index >= 15 is 0 Å². The van der Waals surface area contributed by atoms with Gasteiger partial charge in [-0.1, -0.05) is 6.08 Å². The fraction of sp³-hybridized carbons (Fsp3) is 0.650. The molecule has 0 saturated carbocycles. The van der Waals surface area contributed by atoms with Crippen molar-refractivity contribution in [1.82, 2.24) is 0 Å². The van der Waals surface area contributed by atoms with E-state index in [0.29, 0.717) is 12.8 Å². The number of aliphatic hydroxyl groups is 1. The third-order valence-corrected chi connectivity index (χ3v) is 6.98. The highest BCUT2D eigenvalue weighted by molar-refractivity contribution is 5.93. The maximum Gasteiger partial charge on any atom is 0.334 e. The number of hydrogen-bond donors (Lipinski definition) is 1. The Kier molecular flexibility index (Phi) is 3.46. The largest absolute Gasteiger partial charge is 0.472 e. The van der Waals surface area contributed by atoms with Crippen LogP contribution in [0, 0.1) is 11.3 Å². The van der Waals surface area contributed by atoms with E-state index in [-0.39, 0.29) is 35.6 Å². The van der Waals surface area contributed by atoms with Gasteiger partial charge in [-0.3, -0.25) is 0 Å². The average Bonchev–Trinajstić information content (AvgIpc) is 3.29. The van der Waals surface area contributed by atoms with Crippen LogP contribution >= 0.6 is 0 Å². The second-order valence-corrected chi connectivity index (χ2v) is 8.41. The summed E-state index contributed by atoms with van der Waals surface area (Å²) in [5.74, 6) is -0.407. The molecule has 0 bridgehead atoms. The van der Waals surface area contributed by atoms with Crippen LogP contribution in [0.1, 0.15) is 51.2 Å². The van der Waals surface area contributed by atoms with E-state index < -0.39 is 11.9 Å². The third-order valence-electron chi connectivity index (χ3n) is 6.98. The molecule has 6 nitrogen and oxygen atoms in total. The smallest absolute Gasteiger partial charge is 0.334 e. The molecule has 4 aliphatic rings. The molecule has 0 unspecified atom stereocenters. The van der Waals surface area contributed by atoms with Gasteiger partial charge in [0, 0.05) is 23.5 Å². The van der Waals surface area contributed by atoms with Gasteiger partial charge in [-0.15, -0.1) is 0 Å². The first-order valence-corrected chi connectivity index (χ1v) is 9.37. The highest BCUT2D eigenvalue weighted by Crippen LogP contribution is 2.58. The van der Waals surface area contributed by atoms with Crippen molar-refractivity contribution in [3.63, 3.8) is 0 Å². The Morgan fingerprint density at radius 1 is 1.27 bits per heavy atom. The molecule has 140 valence electrons. The molecule has 0 amide bonds. The first kappa shape index (κ1) is 16.5. The highest BCUT2D eigenvalue weighted by atomic mass is 16.6. The minimum Gasteiger partial charge on any atom is -0.472 e. The standard InChI is InChI=1S/C20H24O6/c1-19(13-8-14(24-18(13)22)11-6-7-23-10-11)9-16-20(2)12(17(21)25-16)4-3-5-15(20)26-19/h4,6-7,10,13-16,18,22H,3,5,8-9H2,1-2H3/t13-,14-,15-,16-,18-,19-,20+/m0/s1. The summed E-state index contributed by atoms with van der Waals surface area (Å²) in [6.07, 6.45) is 6.71. The van der Waals surface area contributed by atoms with Gasteiger partial charge in [0.05, 0.1) is 35.8 Å². The van der Waals surface area contributed by atoms with E-state index in [1.54, 1.807) is 12.5 Å². The van der Waals surface area contributed by atoms with Crippen molar-refractivity contribution in [3.05, 3.63) is 35.8 Å². The van der Waals surface area contributed by atoms with Crippen LogP contribution in [0.5, 0.6) is 0 Å². The predicted octanol–water partition coefficient (Wildman–Crippen LogP) is 2.88. The van der Waals surface area contributed by atoms with E-state index in [1.807, 2.05) is 19.1 Å². The Morgan fingerprint density at radius 3 is 2.88 bits per heavy atom. The van der Waals surface area contributed by atoms with Crippen molar-refractivity contribution in [2.24, 2.45) is 11.3 Å². The number of ether oxygens (including phenoxy) is 3. The lowest BCUT2D eigenvalue weighted by Crippen LogP contribution is -2.59. The SMILES string of the molecule is C[C@@]12C3=CCC[C@@H]1O[C@](C)([C@H]1C[C@@H](c4ccoc4)O[C@@H]1O)C[C@@H]2OC3=O. The molecule has 3 saturated heterocycles. The van der Waals surface area contributed by atoms with Crippen molar-refractivity contribution in [2.45, 2.75) is 69.7 Å². The molecule has 7 atom stereocenters. The number of allylic oxidation sites excluding steroid dienone is 1. The summed E-state index contributed by atoms with van der Waals surface area (Å²) < 4.78 is 23.3. The topological polar surface area (TPSA) is 78.1 Å². The van der Waals surface area contributed by atoms with Crippen molar-refractivity contribution in [2.75, 3.05) is 0 Å². The molecule has 1 aromatic heterocycles. The summed E-state index contributed by atoms with van der Waals surface area (Å²) >= 11 is 0. The van der Waals surface area contributed by atoms with E-state index in [9.17, 15) is 9.90 Å². The lowest BCUT2D eigenvalue weighted by Gasteiger charge is -2.52. The van der Waals surface area contributed by atoms with Crippen molar-refractivity contribution < 1.29 is 28.5 Å². The second-order valence-electron chi connectivity index (χ2n) is 8.41. The minimum atomic E-state index is -0.917. The summed E-state index contributed by atoms with van der Waals surface area (Å²) in [5.41, 5.74) is 0.689. The van der Waals surface area contributed by atoms with Gasteiger partial charge in [0.2, 0.25) is 0 Å². The minimum absolute atomic E-state index is 0.0853. The first-order chi connectivity index (χ1) is 12.4. The fourth-order valence-electron chi connectivity index (χ4n) is 5.38. The van der Waals surface area contributed by atoms with Crippen molar-refractivity contribution >= 4 is 5.97 Å². The van der Waals surface area contributed by atoms with Gasteiger partial charge in [-0.2, -0.15) is 0 Å². The normalized spacial score (nSPS) is 47.4. The van der Waals surface area contributed by atoms with Crippen LogP contribution in [0.25, 0.3) is 0 Å². The van der Waals surface area contributed by atoms with Crippen molar-refractivity contribution in [3.8, 4) is 0 Å². The van der Waals surface area contributed by atoms with E-state index in [2.05, 4.69) is 6.92 Å². The number of aliphatic hydroxyl groups excluding tert-OH is 1. The Morgan fingerprint density at radius 2 is 2.12 bits per heavy atom. The quantitative estimate of drug-likeness (QED) is 0.817. The number of esters is 1. The van der Waals surface area contributed by atoms with Crippen LogP contribution in [0.3, 0.4) is 0 Å². The van der Waals surface area contributed by atoms with E-state index in [4.69, 9.17) is 18.6 Å². The predicted molar refractivity (Wildman–Crippen MR) is 89.8 cm³/mol. The molecule has 5 rings (SSSR count). The number of rotatable bonds is 2. The number of hydrogen-bond acceptors (Lipinski definition) is 6. The molecule has 3 aliphatic heterocycles. The second kappa shape index (κ2) is 5.44. The van der Waals surface area contributed by atoms with Gasteiger partial charge < -0.3 is 23.7 Å². The van der Waals surface area contributed by atoms with Gasteiger partial charge in [0.25, 0.3) is 0 Å². The van der Waals surface area contributed by atoms with E-state index in [0.717, 1.165) is 24.0 Å². The average molecular weight is 360 g/mol. The van der Waals surface area contributed by atoms with Gasteiger partial charge in [-0.05, 0) is 39.2 Å². The van der Waals surface area contributed by atoms with Crippen LogP contribution in [0.4, 0.5) is 0 Å². The molecule has 3 fully saturated rings. The molecular formula is C20H24O6. The van der Waals surface area contributed by atoms with Crippen LogP contribution in [0.2, 0.25) is 0 Å². The summed E-state index contributed by atoms with van der Waals surface area (Å²) in [6, 6.07) is 1.86. The molecule has 0 aromatic carbocycles. The Hall–Kier alpha value is -1.63. The molecule has 1 aliphatic carbocycles. The molecule has 0 radical (unpaired) electrons. The van der Waals surface area contributed by atoms with Gasteiger partial charge in [0.15, 0.2) is 6.29 Å². The molecule has 4 heterocycles. The molecule has 26 heavy (non-hydrogen) atoms. The molecule has 1 N–H and O–H groups in total. The zero-order valence-electron chi connectivity index (χ0n) is 15.0. The fourth-order valence-corrected chi connectivity index (χ4v) is 5.38. The molecule has 0 spiro atoms. The summed E-state index contributed by atoms with van der Waals surface area (Å²) in [7, 11) is 0. The number of carbonyl (C=O) groups is 1. The maximum atomic E-state index is 12.3. The lowest BCUT2D eigenvalue weighted by atomic mass is 9.63. The summed E-state index contributed by atoms with van der Waals surface area (Å²) in [5, 5.41) is 10.6. The van der Waals surface area contributed by atoms with Crippen LogP contribution in [0.15, 0.2) is 34.7 Å². The molecule has 6 heteroatoms. The van der Waals surface area contributed by atoms with Gasteiger partial charge in [-0.25, -0.2) is 4.79 Å². The van der Waals surface area contributed by atoms with Gasteiger partial charge >= 0.3 is 5.97 Å². The van der Waals surface area contributed by atoms with Crippen molar-refractivity contribution in [1.29, 1.82) is 0 Å². The monoisotopic (exact) mass is 360 g/mol. The van der Waals surface area contributed by atoms with Crippen LogP contribution in [-0.4, -0.2) is 35.2 Å². The van der Waals surface area contributed by atoms with Gasteiger partial charge in [0.1, 0.15) is 6.10 Å². The highest BCUT2D eigenvalue weighted by Gasteiger charge is 2.64. The molecular weight excluding hydrogens is 336 g/mol. The molecule has 1 aromatic rings. The zero-order valence-corrected chi connectivity index (χ0v) is 15.0. The Labute approximate surface area is 152 Å². The Balaban J connectivity index is 1.44. The van der Waals surface area contributed by atoms with Crippen LogP contribution < -0.4 is 0 Å². The summed E-state index contributed by atoms with van der Waals surface area (Å²) in [4.78, 5) is 12.3. The zero-order chi connectivity index (χ0) is 18.1. The Bertz CT molecular complexity index is 754. The number of furan rings is 1. The van der Waals surface area contributed by atoms with Crippen LogP contribution in [-0.2, 0) is 19.0 Å². The summed E-state index contributed by atoms with van der Waals surface area (Å²) in [6.45, 7) is 4.10.